The number of nitrogens with one attached hydrogen (secondary N) is 1. The fraction of sp³-hybridized carbons (Fsp3) is 0.615. The Morgan fingerprint density at radius 2 is 2.28 bits per heavy atom. The summed E-state index contributed by atoms with van der Waals surface area (Å²) in [7, 11) is 0. The number of aromatic nitrogens is 2. The fourth-order valence-corrected chi connectivity index (χ4v) is 3.57. The number of aryl methyl sites for hydroxylation is 2. The average molecular weight is 265 g/mol. The number of hydrogen-bond acceptors (Lipinski definition) is 4. The Kier molecular flexibility index (Phi) is 3.13. The van der Waals surface area contributed by atoms with Gasteiger partial charge in [0.1, 0.15) is 0 Å². The largest absolute Gasteiger partial charge is 0.393 e. The summed E-state index contributed by atoms with van der Waals surface area (Å²) in [4.78, 5) is 5.66. The van der Waals surface area contributed by atoms with Gasteiger partial charge in [0.25, 0.3) is 0 Å². The van der Waals surface area contributed by atoms with Crippen molar-refractivity contribution >= 4 is 16.3 Å². The van der Waals surface area contributed by atoms with Crippen molar-refractivity contribution in [3.8, 4) is 0 Å². The van der Waals surface area contributed by atoms with Crippen LogP contribution in [0.5, 0.6) is 0 Å². The van der Waals surface area contributed by atoms with Gasteiger partial charge in [-0.05, 0) is 39.2 Å². The highest BCUT2D eigenvalue weighted by Gasteiger charge is 2.26. The molecule has 3 rings (SSSR count). The van der Waals surface area contributed by atoms with Crippen LogP contribution in [0.3, 0.4) is 0 Å². The summed E-state index contributed by atoms with van der Waals surface area (Å²) >= 11 is 1.70. The Morgan fingerprint density at radius 1 is 1.50 bits per heavy atom. The fourth-order valence-electron chi connectivity index (χ4n) is 2.64. The van der Waals surface area contributed by atoms with Crippen molar-refractivity contribution in [2.45, 2.75) is 39.3 Å². The molecule has 0 unspecified atom stereocenters. The lowest BCUT2D eigenvalue weighted by atomic mass is 9.82. The van der Waals surface area contributed by atoms with Crippen LogP contribution in [0.4, 0.5) is 0 Å². The van der Waals surface area contributed by atoms with Gasteiger partial charge in [-0.3, -0.25) is 4.40 Å². The number of hydrogen-bond donors (Lipinski definition) is 2. The molecule has 5 heteroatoms. The maximum atomic E-state index is 9.26. The summed E-state index contributed by atoms with van der Waals surface area (Å²) in [6.07, 6.45) is 1.84. The van der Waals surface area contributed by atoms with Crippen molar-refractivity contribution in [3.63, 3.8) is 0 Å². The van der Waals surface area contributed by atoms with E-state index in [0.29, 0.717) is 5.92 Å². The zero-order valence-electron chi connectivity index (χ0n) is 10.8. The van der Waals surface area contributed by atoms with Gasteiger partial charge in [0.2, 0.25) is 0 Å². The van der Waals surface area contributed by atoms with Crippen molar-refractivity contribution in [1.82, 2.24) is 14.7 Å². The van der Waals surface area contributed by atoms with E-state index < -0.39 is 0 Å². The molecule has 2 heterocycles. The summed E-state index contributed by atoms with van der Waals surface area (Å²) < 4.78 is 2.24. The Hall–Kier alpha value is -0.910. The maximum absolute atomic E-state index is 9.26. The lowest BCUT2D eigenvalue weighted by Gasteiger charge is -2.31. The highest BCUT2D eigenvalue weighted by molar-refractivity contribution is 7.15. The number of aliphatic hydroxyl groups is 1. The van der Waals surface area contributed by atoms with Crippen LogP contribution in [-0.2, 0) is 6.54 Å². The molecule has 98 valence electrons. The van der Waals surface area contributed by atoms with E-state index >= 15 is 0 Å². The molecule has 0 aliphatic heterocycles. The van der Waals surface area contributed by atoms with Crippen LogP contribution < -0.4 is 5.32 Å². The molecule has 0 aromatic carbocycles. The number of rotatable bonds is 4. The summed E-state index contributed by atoms with van der Waals surface area (Å²) in [5, 5.41) is 14.9. The molecule has 4 nitrogen and oxygen atoms in total. The van der Waals surface area contributed by atoms with Crippen LogP contribution in [0.15, 0.2) is 5.38 Å². The number of aliphatic hydroxyl groups excluding tert-OH is 1. The van der Waals surface area contributed by atoms with E-state index in [1.54, 1.807) is 11.3 Å². The van der Waals surface area contributed by atoms with Crippen molar-refractivity contribution in [2.24, 2.45) is 5.92 Å². The molecule has 2 aromatic rings. The van der Waals surface area contributed by atoms with E-state index in [1.807, 2.05) is 0 Å². The molecule has 1 aliphatic carbocycles. The van der Waals surface area contributed by atoms with Gasteiger partial charge in [-0.25, -0.2) is 4.98 Å². The molecule has 0 saturated heterocycles. The third kappa shape index (κ3) is 2.06. The van der Waals surface area contributed by atoms with Gasteiger partial charge in [-0.15, -0.1) is 11.3 Å². The maximum Gasteiger partial charge on any atom is 0.194 e. The first-order valence-electron chi connectivity index (χ1n) is 6.46. The van der Waals surface area contributed by atoms with Crippen LogP contribution in [0, 0.1) is 19.8 Å². The predicted molar refractivity (Wildman–Crippen MR) is 73.0 cm³/mol. The zero-order valence-corrected chi connectivity index (χ0v) is 11.6. The molecule has 0 radical (unpaired) electrons. The minimum absolute atomic E-state index is 0.0562. The van der Waals surface area contributed by atoms with Gasteiger partial charge in [-0.2, -0.15) is 0 Å². The lowest BCUT2D eigenvalue weighted by Crippen LogP contribution is -2.36. The van der Waals surface area contributed by atoms with Crippen molar-refractivity contribution in [2.75, 3.05) is 6.54 Å². The van der Waals surface area contributed by atoms with Gasteiger partial charge in [0.05, 0.1) is 17.5 Å². The predicted octanol–water partition coefficient (Wildman–Crippen LogP) is 1.87. The van der Waals surface area contributed by atoms with Crippen molar-refractivity contribution in [1.29, 1.82) is 0 Å². The smallest absolute Gasteiger partial charge is 0.194 e. The van der Waals surface area contributed by atoms with Gasteiger partial charge in [0.15, 0.2) is 4.96 Å². The molecule has 2 N–H and O–H groups in total. The van der Waals surface area contributed by atoms with Gasteiger partial charge in [-0.1, -0.05) is 0 Å². The SMILES string of the molecule is Cc1nc2scc(C)n2c1CNCC1CC(O)C1. The lowest BCUT2D eigenvalue weighted by molar-refractivity contribution is 0.0429. The molecule has 1 fully saturated rings. The molecule has 2 aromatic heterocycles. The third-order valence-corrected chi connectivity index (χ3v) is 4.71. The highest BCUT2D eigenvalue weighted by atomic mass is 32.1. The molecular weight excluding hydrogens is 246 g/mol. The number of imidazole rings is 1. The van der Waals surface area contributed by atoms with E-state index in [-0.39, 0.29) is 6.10 Å². The third-order valence-electron chi connectivity index (χ3n) is 3.77. The molecule has 18 heavy (non-hydrogen) atoms. The van der Waals surface area contributed by atoms with Crippen LogP contribution in [0.1, 0.15) is 29.9 Å². The minimum atomic E-state index is -0.0562. The molecule has 0 amide bonds. The average Bonchev–Trinajstić information content (AvgIpc) is 2.78. The van der Waals surface area contributed by atoms with E-state index in [2.05, 4.69) is 33.9 Å². The number of fused-ring (bicyclic) bond motifs is 1. The number of thiazole rings is 1. The monoisotopic (exact) mass is 265 g/mol. The van der Waals surface area contributed by atoms with E-state index in [0.717, 1.165) is 36.6 Å². The van der Waals surface area contributed by atoms with Crippen LogP contribution in [0.25, 0.3) is 4.96 Å². The van der Waals surface area contributed by atoms with Crippen LogP contribution >= 0.6 is 11.3 Å². The van der Waals surface area contributed by atoms with E-state index in [9.17, 15) is 5.11 Å². The van der Waals surface area contributed by atoms with Crippen LogP contribution in [-0.4, -0.2) is 27.1 Å². The summed E-state index contributed by atoms with van der Waals surface area (Å²) in [5.74, 6) is 0.646. The Morgan fingerprint density at radius 3 is 3.00 bits per heavy atom. The van der Waals surface area contributed by atoms with Gasteiger partial charge < -0.3 is 10.4 Å². The number of nitrogens with zero attached hydrogens (tertiary/aromatic N) is 2. The van der Waals surface area contributed by atoms with Crippen molar-refractivity contribution in [3.05, 3.63) is 22.5 Å². The molecule has 0 bridgehead atoms. The normalized spacial score (nSPS) is 23.5. The van der Waals surface area contributed by atoms with Crippen LogP contribution in [0.2, 0.25) is 0 Å². The van der Waals surface area contributed by atoms with E-state index in [1.165, 1.54) is 11.4 Å². The quantitative estimate of drug-likeness (QED) is 0.887. The molecule has 1 saturated carbocycles. The van der Waals surface area contributed by atoms with Gasteiger partial charge in [0, 0.05) is 17.6 Å². The Balaban J connectivity index is 1.66. The van der Waals surface area contributed by atoms with E-state index in [4.69, 9.17) is 0 Å². The topological polar surface area (TPSA) is 49.6 Å². The molecule has 0 spiro atoms. The Bertz CT molecular complexity index is 554. The molecule has 1 aliphatic rings. The first kappa shape index (κ1) is 12.1. The second kappa shape index (κ2) is 4.64. The first-order valence-corrected chi connectivity index (χ1v) is 7.34. The summed E-state index contributed by atoms with van der Waals surface area (Å²) in [6.45, 7) is 6.05. The standard InChI is InChI=1S/C13H19N3OS/c1-8-7-18-13-15-9(2)12(16(8)13)6-14-5-10-3-11(17)4-10/h7,10-11,14,17H,3-6H2,1-2H3. The van der Waals surface area contributed by atoms with Crippen molar-refractivity contribution < 1.29 is 5.11 Å². The first-order chi connectivity index (χ1) is 8.65. The summed E-state index contributed by atoms with van der Waals surface area (Å²) in [6, 6.07) is 0. The second-order valence-electron chi connectivity index (χ2n) is 5.26. The zero-order chi connectivity index (χ0) is 12.7. The second-order valence-corrected chi connectivity index (χ2v) is 6.10. The summed E-state index contributed by atoms with van der Waals surface area (Å²) in [5.41, 5.74) is 3.64. The molecule has 0 atom stereocenters. The minimum Gasteiger partial charge on any atom is -0.393 e. The molecular formula is C13H19N3OS. The van der Waals surface area contributed by atoms with Gasteiger partial charge >= 0.3 is 0 Å². The Labute approximate surface area is 111 Å². The highest BCUT2D eigenvalue weighted by Crippen LogP contribution is 2.26.